The van der Waals surface area contributed by atoms with E-state index in [1.54, 1.807) is 12.4 Å². The van der Waals surface area contributed by atoms with Gasteiger partial charge in [-0.15, -0.1) is 0 Å². The third-order valence-electron chi connectivity index (χ3n) is 7.26. The molecule has 4 heterocycles. The molecule has 3 aromatic rings. The van der Waals surface area contributed by atoms with Crippen molar-refractivity contribution in [3.05, 3.63) is 59.5 Å². The lowest BCUT2D eigenvalue weighted by molar-refractivity contribution is -0.0182. The van der Waals surface area contributed by atoms with Gasteiger partial charge < -0.3 is 14.4 Å². The average Bonchev–Trinajstić information content (AvgIpc) is 3.25. The van der Waals surface area contributed by atoms with Crippen LogP contribution in [0.5, 0.6) is 5.75 Å². The highest BCUT2D eigenvalue weighted by Crippen LogP contribution is 2.33. The maximum Gasteiger partial charge on any atom is 0.410 e. The first kappa shape index (κ1) is 26.7. The minimum atomic E-state index is -0.431. The van der Waals surface area contributed by atoms with E-state index in [0.29, 0.717) is 18.4 Å². The van der Waals surface area contributed by atoms with Crippen LogP contribution in [-0.2, 0) is 4.74 Å². The highest BCUT2D eigenvalue weighted by atomic mass is 79.9. The van der Waals surface area contributed by atoms with Crippen LogP contribution in [0.25, 0.3) is 16.9 Å². The highest BCUT2D eigenvalue weighted by molar-refractivity contribution is 9.10. The summed E-state index contributed by atoms with van der Waals surface area (Å²) in [6.07, 6.45) is 7.69. The summed E-state index contributed by atoms with van der Waals surface area (Å²) >= 11 is 3.62. The molecular weight excluding hydrogens is 546 g/mol. The standard InChI is InChI=1S/C29H36BrN5O3/c1-29(2,3)38-28(36)34-18-23(19-34)21-10-14-33(15-11-21)16-17-37-25-6-4-24(5-7-25)35-20-26(30)27(32-35)22-8-12-31-13-9-22/h4-9,12-13,20-21,23H,10-11,14-19H2,1-3H3. The maximum absolute atomic E-state index is 12.2. The molecule has 2 aromatic heterocycles. The number of nitrogens with zero attached hydrogens (tertiary/aromatic N) is 5. The SMILES string of the molecule is CC(C)(C)OC(=O)N1CC(C2CCN(CCOc3ccc(-n4cc(Br)c(-c5ccncc5)n4)cc3)CC2)C1. The molecule has 2 saturated heterocycles. The topological polar surface area (TPSA) is 72.7 Å². The second-order valence-corrected chi connectivity index (χ2v) is 12.0. The van der Waals surface area contributed by atoms with E-state index in [1.165, 1.54) is 12.8 Å². The summed E-state index contributed by atoms with van der Waals surface area (Å²) in [4.78, 5) is 20.6. The number of hydrogen-bond donors (Lipinski definition) is 0. The normalized spacial score (nSPS) is 17.3. The second-order valence-electron chi connectivity index (χ2n) is 11.2. The van der Waals surface area contributed by atoms with Crippen LogP contribution < -0.4 is 4.74 Å². The lowest BCUT2D eigenvalue weighted by atomic mass is 9.80. The molecule has 2 aliphatic rings. The summed E-state index contributed by atoms with van der Waals surface area (Å²) in [5.41, 5.74) is 2.44. The number of rotatable bonds is 7. The Morgan fingerprint density at radius 2 is 1.71 bits per heavy atom. The van der Waals surface area contributed by atoms with Gasteiger partial charge in [0.15, 0.2) is 0 Å². The fourth-order valence-electron chi connectivity index (χ4n) is 5.11. The van der Waals surface area contributed by atoms with E-state index in [1.807, 2.05) is 72.9 Å². The van der Waals surface area contributed by atoms with Crippen LogP contribution in [-0.4, -0.2) is 75.6 Å². The van der Waals surface area contributed by atoms with Gasteiger partial charge in [0.2, 0.25) is 0 Å². The molecule has 8 nitrogen and oxygen atoms in total. The number of aromatic nitrogens is 3. The van der Waals surface area contributed by atoms with E-state index < -0.39 is 5.60 Å². The van der Waals surface area contributed by atoms with Crippen molar-refractivity contribution < 1.29 is 14.3 Å². The van der Waals surface area contributed by atoms with Crippen molar-refractivity contribution in [1.29, 1.82) is 0 Å². The molecule has 1 amide bonds. The number of carbonyl (C=O) groups excluding carboxylic acids is 1. The summed E-state index contributed by atoms with van der Waals surface area (Å²) in [7, 11) is 0. The van der Waals surface area contributed by atoms with Crippen LogP contribution in [0.2, 0.25) is 0 Å². The van der Waals surface area contributed by atoms with Gasteiger partial charge in [0, 0.05) is 43.8 Å². The van der Waals surface area contributed by atoms with Gasteiger partial charge >= 0.3 is 6.09 Å². The molecular formula is C29H36BrN5O3. The van der Waals surface area contributed by atoms with Gasteiger partial charge in [0.25, 0.3) is 0 Å². The third-order valence-corrected chi connectivity index (χ3v) is 7.84. The number of amides is 1. The first-order chi connectivity index (χ1) is 18.2. The van der Waals surface area contributed by atoms with Gasteiger partial charge in [-0.2, -0.15) is 5.10 Å². The molecule has 9 heteroatoms. The Labute approximate surface area is 233 Å². The third kappa shape index (κ3) is 6.56. The number of carbonyl (C=O) groups is 1. The fourth-order valence-corrected chi connectivity index (χ4v) is 5.61. The predicted molar refractivity (Wildman–Crippen MR) is 150 cm³/mol. The van der Waals surface area contributed by atoms with Gasteiger partial charge in [0.1, 0.15) is 23.7 Å². The first-order valence-electron chi connectivity index (χ1n) is 13.3. The van der Waals surface area contributed by atoms with Crippen LogP contribution in [0, 0.1) is 11.8 Å². The van der Waals surface area contributed by atoms with E-state index in [9.17, 15) is 4.79 Å². The van der Waals surface area contributed by atoms with Gasteiger partial charge in [-0.1, -0.05) is 0 Å². The number of piperidine rings is 1. The number of likely N-dealkylation sites (tertiary alicyclic amines) is 2. The van der Waals surface area contributed by atoms with Crippen molar-refractivity contribution in [2.75, 3.05) is 39.3 Å². The van der Waals surface area contributed by atoms with E-state index in [0.717, 1.165) is 59.9 Å². The van der Waals surface area contributed by atoms with E-state index >= 15 is 0 Å². The Hall–Kier alpha value is -2.91. The summed E-state index contributed by atoms with van der Waals surface area (Å²) in [5.74, 6) is 2.16. The van der Waals surface area contributed by atoms with Crippen molar-refractivity contribution in [3.8, 4) is 22.7 Å². The Kier molecular flexibility index (Phi) is 8.04. The van der Waals surface area contributed by atoms with Gasteiger partial charge in [0.05, 0.1) is 10.2 Å². The number of pyridine rings is 1. The molecule has 0 spiro atoms. The zero-order valence-electron chi connectivity index (χ0n) is 22.3. The van der Waals surface area contributed by atoms with Crippen molar-refractivity contribution in [2.24, 2.45) is 11.8 Å². The molecule has 2 aliphatic heterocycles. The molecule has 1 aromatic carbocycles. The quantitative estimate of drug-likeness (QED) is 0.359. The van der Waals surface area contributed by atoms with Gasteiger partial charge in [-0.05, 0) is 111 Å². The molecule has 0 bridgehead atoms. The van der Waals surface area contributed by atoms with Crippen LogP contribution in [0.3, 0.4) is 0 Å². The Morgan fingerprint density at radius 3 is 2.37 bits per heavy atom. The van der Waals surface area contributed by atoms with Crippen molar-refractivity contribution >= 4 is 22.0 Å². The molecule has 202 valence electrons. The van der Waals surface area contributed by atoms with Crippen LogP contribution >= 0.6 is 15.9 Å². The van der Waals surface area contributed by atoms with E-state index in [4.69, 9.17) is 14.6 Å². The summed E-state index contributed by atoms with van der Waals surface area (Å²) in [5, 5.41) is 4.73. The zero-order valence-corrected chi connectivity index (χ0v) is 23.9. The number of hydrogen-bond acceptors (Lipinski definition) is 6. The molecule has 0 radical (unpaired) electrons. The number of ether oxygens (including phenoxy) is 2. The number of benzene rings is 1. The minimum Gasteiger partial charge on any atom is -0.492 e. The second kappa shape index (κ2) is 11.5. The van der Waals surface area contributed by atoms with Crippen LogP contribution in [0.15, 0.2) is 59.5 Å². The van der Waals surface area contributed by atoms with E-state index in [-0.39, 0.29) is 6.09 Å². The molecule has 0 N–H and O–H groups in total. The molecule has 2 fully saturated rings. The fraction of sp³-hybridized carbons (Fsp3) is 0.483. The molecule has 38 heavy (non-hydrogen) atoms. The predicted octanol–water partition coefficient (Wildman–Crippen LogP) is 5.65. The van der Waals surface area contributed by atoms with Gasteiger partial charge in [-0.3, -0.25) is 9.88 Å². The Morgan fingerprint density at radius 1 is 1.03 bits per heavy atom. The summed E-state index contributed by atoms with van der Waals surface area (Å²) in [6.45, 7) is 11.2. The van der Waals surface area contributed by atoms with E-state index in [2.05, 4.69) is 25.8 Å². The molecule has 0 aliphatic carbocycles. The largest absolute Gasteiger partial charge is 0.492 e. The smallest absolute Gasteiger partial charge is 0.410 e. The zero-order chi connectivity index (χ0) is 26.7. The molecule has 0 atom stereocenters. The Bertz CT molecular complexity index is 1210. The summed E-state index contributed by atoms with van der Waals surface area (Å²) < 4.78 is 14.3. The Balaban J connectivity index is 1.03. The van der Waals surface area contributed by atoms with Gasteiger partial charge in [-0.25, -0.2) is 9.48 Å². The van der Waals surface area contributed by atoms with Crippen molar-refractivity contribution in [1.82, 2.24) is 24.6 Å². The lowest BCUT2D eigenvalue weighted by Gasteiger charge is -2.46. The average molecular weight is 583 g/mol. The van der Waals surface area contributed by atoms with Crippen LogP contribution in [0.4, 0.5) is 4.79 Å². The van der Waals surface area contributed by atoms with Crippen molar-refractivity contribution in [3.63, 3.8) is 0 Å². The molecule has 5 rings (SSSR count). The summed E-state index contributed by atoms with van der Waals surface area (Å²) in [6, 6.07) is 11.9. The molecule has 0 unspecified atom stereocenters. The monoisotopic (exact) mass is 581 g/mol. The first-order valence-corrected chi connectivity index (χ1v) is 14.1. The molecule has 0 saturated carbocycles. The van der Waals surface area contributed by atoms with Crippen LogP contribution in [0.1, 0.15) is 33.6 Å². The minimum absolute atomic E-state index is 0.177. The number of halogens is 1. The highest BCUT2D eigenvalue weighted by Gasteiger charge is 2.39. The maximum atomic E-state index is 12.2. The lowest BCUT2D eigenvalue weighted by Crippen LogP contribution is -2.55. The van der Waals surface area contributed by atoms with Crippen molar-refractivity contribution in [2.45, 2.75) is 39.2 Å².